The summed E-state index contributed by atoms with van der Waals surface area (Å²) in [5.74, 6) is 1.25. The lowest BCUT2D eigenvalue weighted by molar-refractivity contribution is -0.136. The van der Waals surface area contributed by atoms with Gasteiger partial charge >= 0.3 is 12.1 Å². The van der Waals surface area contributed by atoms with Gasteiger partial charge in [-0.1, -0.05) is 52.0 Å². The predicted octanol–water partition coefficient (Wildman–Crippen LogP) is 6.24. The molecule has 3 saturated heterocycles. The van der Waals surface area contributed by atoms with Crippen molar-refractivity contribution in [1.29, 1.82) is 0 Å². The molecule has 5 amide bonds. The predicted molar refractivity (Wildman–Crippen MR) is 229 cm³/mol. The number of nitrogens with zero attached hydrogens (tertiary/aromatic N) is 5. The van der Waals surface area contributed by atoms with Gasteiger partial charge in [-0.2, -0.15) is 0 Å². The van der Waals surface area contributed by atoms with Crippen LogP contribution in [0.5, 0.6) is 0 Å². The molecular formula is C46H65N9O6. The van der Waals surface area contributed by atoms with E-state index in [0.29, 0.717) is 39.0 Å². The van der Waals surface area contributed by atoms with Crippen molar-refractivity contribution in [3.63, 3.8) is 0 Å². The fourth-order valence-electron chi connectivity index (χ4n) is 10.9. The van der Waals surface area contributed by atoms with Gasteiger partial charge < -0.3 is 45.1 Å². The number of piperidine rings is 1. The van der Waals surface area contributed by atoms with Gasteiger partial charge in [0.25, 0.3) is 0 Å². The number of benzene rings is 1. The highest BCUT2D eigenvalue weighted by Crippen LogP contribution is 2.58. The number of methoxy groups -OCH3 is 1. The van der Waals surface area contributed by atoms with Crippen molar-refractivity contribution in [2.24, 2.45) is 11.8 Å². The first-order chi connectivity index (χ1) is 29.3. The third kappa shape index (κ3) is 8.38. The van der Waals surface area contributed by atoms with Crippen molar-refractivity contribution in [1.82, 2.24) is 45.3 Å². The van der Waals surface area contributed by atoms with Crippen LogP contribution in [0.4, 0.5) is 9.59 Å². The number of hydrogen-bond donors (Lipinski definition) is 5. The van der Waals surface area contributed by atoms with E-state index < -0.39 is 18.2 Å². The molecule has 6 aliphatic rings. The quantitative estimate of drug-likeness (QED) is 0.150. The van der Waals surface area contributed by atoms with Crippen LogP contribution < -0.4 is 10.6 Å². The Hall–Kier alpha value is -4.92. The molecule has 3 saturated carbocycles. The second-order valence-electron chi connectivity index (χ2n) is 19.1. The number of alkyl carbamates (subject to hydrolysis) is 1. The molecule has 0 radical (unpaired) electrons. The Morgan fingerprint density at radius 1 is 0.721 bits per heavy atom. The first kappa shape index (κ1) is 42.8. The first-order valence-corrected chi connectivity index (χ1v) is 22.7. The summed E-state index contributed by atoms with van der Waals surface area (Å²) in [5.41, 5.74) is 4.71. The Balaban J connectivity index is 0.893. The summed E-state index contributed by atoms with van der Waals surface area (Å²) in [7, 11) is 1.30. The number of likely N-dealkylation sites (tertiary alicyclic amines) is 3. The van der Waals surface area contributed by atoms with Gasteiger partial charge in [-0.05, 0) is 105 Å². The second kappa shape index (κ2) is 17.5. The number of aliphatic hydroxyl groups is 1. The number of ether oxygens (including phenoxy) is 1. The first-order valence-electron chi connectivity index (χ1n) is 22.7. The molecule has 6 fully saturated rings. The van der Waals surface area contributed by atoms with Crippen LogP contribution in [0.25, 0.3) is 11.3 Å². The number of aliphatic hydroxyl groups excluding tert-OH is 1. The normalized spacial score (nSPS) is 26.5. The molecule has 4 atom stereocenters. The fourth-order valence-corrected chi connectivity index (χ4v) is 10.9. The summed E-state index contributed by atoms with van der Waals surface area (Å²) < 4.78 is 4.78. The molecule has 5 heterocycles. The lowest BCUT2D eigenvalue weighted by Gasteiger charge is -2.53. The molecule has 0 spiro atoms. The SMILES string of the molecule is COC(=O)NC(C(=O)N1CCCC1c1ncc(-c2ccc(C34CCC(c5cnc(C6CCCN6C(=O)C(NC(=O)N6CCC(O)CC6)C(C)C)[nH]5)(CC3)CC4)cc2)[nH]1)C(C)C. The molecule has 4 unspecified atom stereocenters. The van der Waals surface area contributed by atoms with Gasteiger partial charge in [0.05, 0.1) is 37.2 Å². The van der Waals surface area contributed by atoms with E-state index in [1.54, 1.807) is 4.90 Å². The van der Waals surface area contributed by atoms with E-state index >= 15 is 0 Å². The standard InChI is InChI=1S/C46H65N9O6/c1-28(2)37(51-43(59)53-24-14-32(56)15-25-53)41(57)55-23-7-9-35(55)40-48-27-36(50-40)46-19-16-45(17-20-46,18-21-46)31-12-10-30(11-13-31)33-26-47-39(49-33)34-8-6-22-54(34)42(58)38(29(3)4)52-44(60)61-5/h10-13,26-29,32,34-35,37-38,56H,6-9,14-25H2,1-5H3,(H,47,49)(H,48,50)(H,51,59)(H,52,60). The molecule has 5 N–H and O–H groups in total. The van der Waals surface area contributed by atoms with E-state index in [-0.39, 0.29) is 58.7 Å². The summed E-state index contributed by atoms with van der Waals surface area (Å²) in [4.78, 5) is 75.3. The van der Waals surface area contributed by atoms with E-state index in [2.05, 4.69) is 44.9 Å². The number of hydrogen-bond acceptors (Lipinski definition) is 8. The Bertz CT molecular complexity index is 2030. The number of urea groups is 1. The van der Waals surface area contributed by atoms with Gasteiger partial charge in [0.1, 0.15) is 23.7 Å². The van der Waals surface area contributed by atoms with Gasteiger partial charge in [-0.15, -0.1) is 0 Å². The topological polar surface area (TPSA) is 189 Å². The monoisotopic (exact) mass is 840 g/mol. The second-order valence-corrected chi connectivity index (χ2v) is 19.1. The van der Waals surface area contributed by atoms with Crippen molar-refractivity contribution in [2.45, 2.75) is 146 Å². The molecule has 2 bridgehead atoms. The minimum atomic E-state index is -0.676. The van der Waals surface area contributed by atoms with Gasteiger partial charge in [0, 0.05) is 43.5 Å². The van der Waals surface area contributed by atoms with Gasteiger partial charge in [-0.3, -0.25) is 9.59 Å². The van der Waals surface area contributed by atoms with Crippen molar-refractivity contribution < 1.29 is 29.0 Å². The molecule has 2 aromatic heterocycles. The number of aromatic nitrogens is 4. The van der Waals surface area contributed by atoms with Crippen LogP contribution in [-0.4, -0.2) is 115 Å². The number of carbonyl (C=O) groups is 4. The number of imidazole rings is 2. The average molecular weight is 840 g/mol. The molecule has 1 aromatic carbocycles. The molecule has 9 rings (SSSR count). The van der Waals surface area contributed by atoms with Crippen LogP contribution in [-0.2, 0) is 25.2 Å². The molecule has 3 aliphatic heterocycles. The third-order valence-corrected chi connectivity index (χ3v) is 14.9. The number of amides is 5. The van der Waals surface area contributed by atoms with Crippen LogP contribution in [0.3, 0.4) is 0 Å². The van der Waals surface area contributed by atoms with Gasteiger partial charge in [0.15, 0.2) is 0 Å². The van der Waals surface area contributed by atoms with Gasteiger partial charge in [-0.25, -0.2) is 19.6 Å². The van der Waals surface area contributed by atoms with Crippen molar-refractivity contribution in [3.05, 3.63) is 59.6 Å². The molecule has 330 valence electrons. The maximum Gasteiger partial charge on any atom is 0.407 e. The maximum atomic E-state index is 14.1. The number of fused-ring (bicyclic) bond motifs is 3. The molecule has 15 nitrogen and oxygen atoms in total. The van der Waals surface area contributed by atoms with Crippen molar-refractivity contribution in [2.75, 3.05) is 33.3 Å². The van der Waals surface area contributed by atoms with Gasteiger partial charge in [0.2, 0.25) is 11.8 Å². The third-order valence-electron chi connectivity index (χ3n) is 14.9. The van der Waals surface area contributed by atoms with Crippen LogP contribution in [0, 0.1) is 11.8 Å². The lowest BCUT2D eigenvalue weighted by Crippen LogP contribution is -2.55. The smallest absolute Gasteiger partial charge is 0.407 e. The van der Waals surface area contributed by atoms with Crippen LogP contribution in [0.15, 0.2) is 36.7 Å². The zero-order chi connectivity index (χ0) is 43.1. The van der Waals surface area contributed by atoms with E-state index in [0.717, 1.165) is 87.1 Å². The zero-order valence-corrected chi connectivity index (χ0v) is 36.5. The number of H-pyrrole nitrogens is 2. The number of aromatic amines is 2. The van der Waals surface area contributed by atoms with E-state index in [1.807, 2.05) is 49.9 Å². The minimum Gasteiger partial charge on any atom is -0.453 e. The summed E-state index contributed by atoms with van der Waals surface area (Å²) in [6.07, 6.45) is 13.9. The highest BCUT2D eigenvalue weighted by molar-refractivity contribution is 5.88. The number of carbonyl (C=O) groups excluding carboxylic acids is 4. The summed E-state index contributed by atoms with van der Waals surface area (Å²) in [5, 5.41) is 15.7. The number of rotatable bonds is 11. The Kier molecular flexibility index (Phi) is 12.2. The Morgan fingerprint density at radius 2 is 1.25 bits per heavy atom. The Morgan fingerprint density at radius 3 is 1.80 bits per heavy atom. The van der Waals surface area contributed by atoms with E-state index in [1.165, 1.54) is 18.4 Å². The highest BCUT2D eigenvalue weighted by Gasteiger charge is 2.51. The molecule has 15 heteroatoms. The van der Waals surface area contributed by atoms with Crippen LogP contribution >= 0.6 is 0 Å². The molecular weight excluding hydrogens is 775 g/mol. The maximum absolute atomic E-state index is 14.1. The summed E-state index contributed by atoms with van der Waals surface area (Å²) in [6, 6.07) is 7.07. The number of nitrogens with one attached hydrogen (secondary N) is 4. The zero-order valence-electron chi connectivity index (χ0n) is 36.5. The lowest BCUT2D eigenvalue weighted by atomic mass is 9.51. The van der Waals surface area contributed by atoms with Crippen molar-refractivity contribution >= 4 is 23.9 Å². The Labute approximate surface area is 359 Å². The molecule has 3 aliphatic carbocycles. The van der Waals surface area contributed by atoms with Crippen molar-refractivity contribution in [3.8, 4) is 11.3 Å². The molecule has 3 aromatic rings. The minimum absolute atomic E-state index is 0.0449. The van der Waals surface area contributed by atoms with Crippen LogP contribution in [0.2, 0.25) is 0 Å². The highest BCUT2D eigenvalue weighted by atomic mass is 16.5. The summed E-state index contributed by atoms with van der Waals surface area (Å²) >= 11 is 0. The largest absolute Gasteiger partial charge is 0.453 e. The van der Waals surface area contributed by atoms with E-state index in [9.17, 15) is 24.3 Å². The van der Waals surface area contributed by atoms with E-state index in [4.69, 9.17) is 14.7 Å². The molecule has 61 heavy (non-hydrogen) atoms. The fraction of sp³-hybridized carbons (Fsp3) is 0.652. The average Bonchev–Trinajstić information content (AvgIpc) is 4.12. The summed E-state index contributed by atoms with van der Waals surface area (Å²) in [6.45, 7) is 10.0. The van der Waals surface area contributed by atoms with Crippen LogP contribution in [0.1, 0.15) is 140 Å².